The zero-order chi connectivity index (χ0) is 14.3. The number of aliphatic hydroxyl groups excluding tert-OH is 1. The fraction of sp³-hybridized carbons (Fsp3) is 0.692. The summed E-state index contributed by atoms with van der Waals surface area (Å²) >= 11 is 1.65. The van der Waals surface area contributed by atoms with Gasteiger partial charge in [-0.2, -0.15) is 0 Å². The van der Waals surface area contributed by atoms with E-state index in [9.17, 15) is 4.79 Å². The molecule has 1 atom stereocenters. The molecule has 0 aromatic carbocycles. The first-order valence-corrected chi connectivity index (χ1v) is 7.44. The van der Waals surface area contributed by atoms with Crippen molar-refractivity contribution < 1.29 is 9.90 Å². The fourth-order valence-corrected chi connectivity index (χ4v) is 2.57. The predicted octanol–water partition coefficient (Wildman–Crippen LogP) is 2.01. The lowest BCUT2D eigenvalue weighted by Gasteiger charge is -2.20. The Balaban J connectivity index is 2.39. The van der Waals surface area contributed by atoms with Gasteiger partial charge in [0, 0.05) is 30.8 Å². The molecule has 1 heterocycles. The molecule has 1 aromatic heterocycles. The molecule has 0 fully saturated rings. The summed E-state index contributed by atoms with van der Waals surface area (Å²) in [7, 11) is 1.76. The molecule has 0 aliphatic carbocycles. The summed E-state index contributed by atoms with van der Waals surface area (Å²) in [5.74, 6) is 0. The van der Waals surface area contributed by atoms with Crippen LogP contribution in [0, 0.1) is 0 Å². The van der Waals surface area contributed by atoms with Crippen LogP contribution in [-0.2, 0) is 13.0 Å². The minimum Gasteiger partial charge on any atom is -0.396 e. The number of hydrogen-bond acceptors (Lipinski definition) is 4. The van der Waals surface area contributed by atoms with Gasteiger partial charge < -0.3 is 15.3 Å². The quantitative estimate of drug-likeness (QED) is 0.805. The van der Waals surface area contributed by atoms with E-state index in [1.165, 1.54) is 4.88 Å². The van der Waals surface area contributed by atoms with E-state index in [0.29, 0.717) is 13.0 Å². The zero-order valence-electron chi connectivity index (χ0n) is 11.8. The van der Waals surface area contributed by atoms with Crippen LogP contribution in [0.3, 0.4) is 0 Å². The average molecular weight is 285 g/mol. The van der Waals surface area contributed by atoms with E-state index in [-0.39, 0.29) is 18.7 Å². The van der Waals surface area contributed by atoms with Gasteiger partial charge in [0.2, 0.25) is 0 Å². The third-order valence-corrected chi connectivity index (χ3v) is 3.96. The van der Waals surface area contributed by atoms with Gasteiger partial charge in [-0.05, 0) is 26.2 Å². The Kier molecular flexibility index (Phi) is 6.80. The Hall–Kier alpha value is -1.14. The smallest absolute Gasteiger partial charge is 0.317 e. The van der Waals surface area contributed by atoms with Gasteiger partial charge in [0.25, 0.3) is 0 Å². The normalized spacial score (nSPS) is 12.2. The molecule has 108 valence electrons. The number of nitrogens with one attached hydrogen (secondary N) is 1. The highest BCUT2D eigenvalue weighted by Crippen LogP contribution is 2.14. The van der Waals surface area contributed by atoms with Gasteiger partial charge in [0.05, 0.1) is 6.54 Å². The van der Waals surface area contributed by atoms with E-state index in [1.54, 1.807) is 23.3 Å². The molecule has 0 aliphatic rings. The Bertz CT molecular complexity index is 395. The largest absolute Gasteiger partial charge is 0.396 e. The van der Waals surface area contributed by atoms with E-state index >= 15 is 0 Å². The summed E-state index contributed by atoms with van der Waals surface area (Å²) < 4.78 is 0. The summed E-state index contributed by atoms with van der Waals surface area (Å²) in [6.07, 6.45) is 4.34. The molecule has 2 amide bonds. The van der Waals surface area contributed by atoms with Gasteiger partial charge in [0.1, 0.15) is 5.01 Å². The molecule has 0 bridgehead atoms. The summed E-state index contributed by atoms with van der Waals surface area (Å²) in [6, 6.07) is -0.0247. The number of aliphatic hydroxyl groups is 1. The second kappa shape index (κ2) is 8.12. The molecule has 0 spiro atoms. The van der Waals surface area contributed by atoms with Crippen LogP contribution in [0.15, 0.2) is 6.20 Å². The topological polar surface area (TPSA) is 65.5 Å². The molecule has 0 aliphatic heterocycles. The van der Waals surface area contributed by atoms with Crippen LogP contribution >= 0.6 is 11.3 Å². The average Bonchev–Trinajstić information content (AvgIpc) is 2.83. The Morgan fingerprint density at radius 3 is 2.95 bits per heavy atom. The Morgan fingerprint density at radius 2 is 2.37 bits per heavy atom. The fourth-order valence-electron chi connectivity index (χ4n) is 1.65. The third-order valence-electron chi connectivity index (χ3n) is 2.83. The monoisotopic (exact) mass is 285 g/mol. The molecule has 6 heteroatoms. The first-order chi connectivity index (χ1) is 9.06. The molecule has 0 saturated heterocycles. The number of hydrogen-bond donors (Lipinski definition) is 2. The van der Waals surface area contributed by atoms with Crippen LogP contribution in [0.1, 0.15) is 36.6 Å². The van der Waals surface area contributed by atoms with Crippen molar-refractivity contribution in [3.05, 3.63) is 16.1 Å². The molecule has 0 radical (unpaired) electrons. The van der Waals surface area contributed by atoms with Crippen LogP contribution in [0.25, 0.3) is 0 Å². The van der Waals surface area contributed by atoms with Crippen LogP contribution in [-0.4, -0.2) is 40.7 Å². The maximum Gasteiger partial charge on any atom is 0.317 e. The number of rotatable bonds is 7. The van der Waals surface area contributed by atoms with Crippen molar-refractivity contribution in [1.29, 1.82) is 0 Å². The number of thiazole rings is 1. The molecular formula is C13H23N3O2S. The van der Waals surface area contributed by atoms with Crippen LogP contribution < -0.4 is 5.32 Å². The molecule has 0 saturated carbocycles. The van der Waals surface area contributed by atoms with Crippen molar-refractivity contribution >= 4 is 17.4 Å². The number of carbonyl (C=O) groups excluding carboxylic acids is 1. The standard InChI is InChI=1S/C13H23N3O2S/c1-4-11-8-14-12(19-11)9-16(3)13(18)15-10(2)6-5-7-17/h8,10,17H,4-7,9H2,1-3H3,(H,15,18). The van der Waals surface area contributed by atoms with Crippen molar-refractivity contribution in [3.63, 3.8) is 0 Å². The van der Waals surface area contributed by atoms with Crippen LogP contribution in [0.5, 0.6) is 0 Å². The van der Waals surface area contributed by atoms with Gasteiger partial charge >= 0.3 is 6.03 Å². The molecule has 2 N–H and O–H groups in total. The number of nitrogens with zero attached hydrogens (tertiary/aromatic N) is 2. The molecule has 1 rings (SSSR count). The number of aromatic nitrogens is 1. The lowest BCUT2D eigenvalue weighted by molar-refractivity contribution is 0.201. The SMILES string of the molecule is CCc1cnc(CN(C)C(=O)NC(C)CCCO)s1. The molecule has 1 aromatic rings. The first kappa shape index (κ1) is 15.9. The van der Waals surface area contributed by atoms with Crippen molar-refractivity contribution in [2.45, 2.75) is 45.7 Å². The Morgan fingerprint density at radius 1 is 1.63 bits per heavy atom. The van der Waals surface area contributed by atoms with Crippen molar-refractivity contribution in [2.75, 3.05) is 13.7 Å². The second-order valence-corrected chi connectivity index (χ2v) is 5.85. The summed E-state index contributed by atoms with van der Waals surface area (Å²) in [5, 5.41) is 12.6. The highest BCUT2D eigenvalue weighted by Gasteiger charge is 2.13. The summed E-state index contributed by atoms with van der Waals surface area (Å²) in [6.45, 7) is 4.73. The summed E-state index contributed by atoms with van der Waals surface area (Å²) in [4.78, 5) is 19.1. The van der Waals surface area contributed by atoms with Gasteiger partial charge in [0.15, 0.2) is 0 Å². The van der Waals surface area contributed by atoms with Gasteiger partial charge in [-0.1, -0.05) is 6.92 Å². The van der Waals surface area contributed by atoms with E-state index in [0.717, 1.165) is 17.8 Å². The lowest BCUT2D eigenvalue weighted by atomic mass is 10.2. The minimum atomic E-state index is -0.0984. The maximum absolute atomic E-state index is 11.9. The first-order valence-electron chi connectivity index (χ1n) is 6.62. The molecular weight excluding hydrogens is 262 g/mol. The van der Waals surface area contributed by atoms with E-state index in [1.807, 2.05) is 13.1 Å². The minimum absolute atomic E-state index is 0.0737. The van der Waals surface area contributed by atoms with Gasteiger partial charge in [-0.3, -0.25) is 0 Å². The lowest BCUT2D eigenvalue weighted by Crippen LogP contribution is -2.41. The van der Waals surface area contributed by atoms with Gasteiger partial charge in [-0.25, -0.2) is 9.78 Å². The van der Waals surface area contributed by atoms with Crippen molar-refractivity contribution in [3.8, 4) is 0 Å². The molecule has 1 unspecified atom stereocenters. The third kappa shape index (κ3) is 5.57. The van der Waals surface area contributed by atoms with Crippen molar-refractivity contribution in [2.24, 2.45) is 0 Å². The number of aryl methyl sites for hydroxylation is 1. The molecule has 5 nitrogen and oxygen atoms in total. The van der Waals surface area contributed by atoms with Crippen LogP contribution in [0.2, 0.25) is 0 Å². The predicted molar refractivity (Wildman–Crippen MR) is 77.3 cm³/mol. The molecule has 19 heavy (non-hydrogen) atoms. The van der Waals surface area contributed by atoms with E-state index in [2.05, 4.69) is 17.2 Å². The highest BCUT2D eigenvalue weighted by molar-refractivity contribution is 7.11. The van der Waals surface area contributed by atoms with Crippen LogP contribution in [0.4, 0.5) is 4.79 Å². The van der Waals surface area contributed by atoms with E-state index < -0.39 is 0 Å². The zero-order valence-corrected chi connectivity index (χ0v) is 12.7. The highest BCUT2D eigenvalue weighted by atomic mass is 32.1. The van der Waals surface area contributed by atoms with Crippen molar-refractivity contribution in [1.82, 2.24) is 15.2 Å². The number of carbonyl (C=O) groups is 1. The number of urea groups is 1. The second-order valence-electron chi connectivity index (χ2n) is 4.65. The number of amides is 2. The maximum atomic E-state index is 11.9. The van der Waals surface area contributed by atoms with Gasteiger partial charge in [-0.15, -0.1) is 11.3 Å². The van der Waals surface area contributed by atoms with E-state index in [4.69, 9.17) is 5.11 Å². The Labute approximate surface area is 118 Å². The summed E-state index contributed by atoms with van der Waals surface area (Å²) in [5.41, 5.74) is 0.